The van der Waals surface area contributed by atoms with Crippen molar-refractivity contribution in [2.45, 2.75) is 40.2 Å². The summed E-state index contributed by atoms with van der Waals surface area (Å²) in [5.41, 5.74) is 2.66. The van der Waals surface area contributed by atoms with Crippen LogP contribution in [0.2, 0.25) is 0 Å². The molecule has 1 aromatic carbocycles. The zero-order valence-electron chi connectivity index (χ0n) is 14.1. The van der Waals surface area contributed by atoms with E-state index < -0.39 is 5.60 Å². The second-order valence-electron chi connectivity index (χ2n) is 6.81. The topological polar surface area (TPSA) is 53.0 Å². The van der Waals surface area contributed by atoms with Crippen LogP contribution in [0.1, 0.15) is 31.9 Å². The molecule has 5 heteroatoms. The van der Waals surface area contributed by atoms with Crippen molar-refractivity contribution in [3.05, 3.63) is 23.3 Å². The molecule has 22 heavy (non-hydrogen) atoms. The summed E-state index contributed by atoms with van der Waals surface area (Å²) >= 11 is 0. The van der Waals surface area contributed by atoms with Gasteiger partial charge in [-0.05, 0) is 57.9 Å². The van der Waals surface area contributed by atoms with Gasteiger partial charge < -0.3 is 19.6 Å². The number of nitrogens with zero attached hydrogens (tertiary/aromatic N) is 2. The molecule has 0 bridgehead atoms. The van der Waals surface area contributed by atoms with Crippen LogP contribution in [0, 0.1) is 13.8 Å². The maximum absolute atomic E-state index is 12.1. The molecule has 0 unspecified atom stereocenters. The summed E-state index contributed by atoms with van der Waals surface area (Å²) in [6, 6.07) is 3.68. The lowest BCUT2D eigenvalue weighted by Gasteiger charge is -2.37. The first-order valence-corrected chi connectivity index (χ1v) is 7.71. The largest absolute Gasteiger partial charge is 0.508 e. The van der Waals surface area contributed by atoms with Crippen LogP contribution in [-0.4, -0.2) is 47.9 Å². The van der Waals surface area contributed by atoms with E-state index in [1.165, 1.54) is 0 Å². The summed E-state index contributed by atoms with van der Waals surface area (Å²) in [6.45, 7) is 12.4. The van der Waals surface area contributed by atoms with E-state index >= 15 is 0 Å². The van der Waals surface area contributed by atoms with E-state index in [1.807, 2.05) is 40.7 Å². The second kappa shape index (κ2) is 6.07. The van der Waals surface area contributed by atoms with Gasteiger partial charge in [-0.1, -0.05) is 0 Å². The maximum Gasteiger partial charge on any atom is 0.410 e. The Morgan fingerprint density at radius 2 is 1.68 bits per heavy atom. The summed E-state index contributed by atoms with van der Waals surface area (Å²) < 4.78 is 5.41. The molecule has 0 aromatic heterocycles. The number of hydrogen-bond donors (Lipinski definition) is 1. The van der Waals surface area contributed by atoms with Gasteiger partial charge in [0.25, 0.3) is 0 Å². The minimum absolute atomic E-state index is 0.245. The van der Waals surface area contributed by atoms with E-state index in [0.29, 0.717) is 18.8 Å². The van der Waals surface area contributed by atoms with E-state index in [9.17, 15) is 9.90 Å². The lowest BCUT2D eigenvalue weighted by atomic mass is 10.1. The summed E-state index contributed by atoms with van der Waals surface area (Å²) in [4.78, 5) is 16.1. The van der Waals surface area contributed by atoms with E-state index in [-0.39, 0.29) is 6.09 Å². The van der Waals surface area contributed by atoms with Crippen LogP contribution in [-0.2, 0) is 4.74 Å². The van der Waals surface area contributed by atoms with Gasteiger partial charge in [0.05, 0.1) is 0 Å². The number of piperazine rings is 1. The Morgan fingerprint density at radius 1 is 1.09 bits per heavy atom. The number of aromatic hydroxyl groups is 1. The number of ether oxygens (including phenoxy) is 1. The molecule has 0 radical (unpaired) electrons. The molecule has 1 aliphatic rings. The average molecular weight is 306 g/mol. The van der Waals surface area contributed by atoms with Crippen molar-refractivity contribution in [1.29, 1.82) is 0 Å². The third kappa shape index (κ3) is 3.64. The van der Waals surface area contributed by atoms with Crippen LogP contribution in [0.4, 0.5) is 10.5 Å². The Bertz CT molecular complexity index is 556. The number of phenolic OH excluding ortho intramolecular Hbond substituents is 1. The van der Waals surface area contributed by atoms with E-state index in [2.05, 4.69) is 4.90 Å². The highest BCUT2D eigenvalue weighted by Crippen LogP contribution is 2.29. The molecule has 1 fully saturated rings. The van der Waals surface area contributed by atoms with Gasteiger partial charge in [0.15, 0.2) is 0 Å². The fourth-order valence-electron chi connectivity index (χ4n) is 2.59. The minimum atomic E-state index is -0.459. The molecular weight excluding hydrogens is 280 g/mol. The summed E-state index contributed by atoms with van der Waals surface area (Å²) in [5, 5.41) is 9.76. The molecule has 1 aromatic rings. The molecule has 0 saturated carbocycles. The van der Waals surface area contributed by atoms with Crippen molar-refractivity contribution in [3.8, 4) is 5.75 Å². The van der Waals surface area contributed by atoms with Gasteiger partial charge in [0.2, 0.25) is 0 Å². The molecule has 0 atom stereocenters. The Labute approximate surface area is 132 Å². The van der Waals surface area contributed by atoms with Crippen LogP contribution in [0.5, 0.6) is 5.75 Å². The van der Waals surface area contributed by atoms with E-state index in [1.54, 1.807) is 11.0 Å². The van der Waals surface area contributed by atoms with Crippen LogP contribution in [0.3, 0.4) is 0 Å². The fourth-order valence-corrected chi connectivity index (χ4v) is 2.59. The smallest absolute Gasteiger partial charge is 0.410 e. The fraction of sp³-hybridized carbons (Fsp3) is 0.588. The number of amides is 1. The number of anilines is 1. The summed E-state index contributed by atoms with van der Waals surface area (Å²) in [6.07, 6.45) is -0.245. The maximum atomic E-state index is 12.1. The van der Waals surface area contributed by atoms with Crippen molar-refractivity contribution >= 4 is 11.8 Å². The lowest BCUT2D eigenvalue weighted by Crippen LogP contribution is -2.50. The van der Waals surface area contributed by atoms with Crippen molar-refractivity contribution in [3.63, 3.8) is 0 Å². The lowest BCUT2D eigenvalue weighted by molar-refractivity contribution is 0.0240. The molecule has 122 valence electrons. The van der Waals surface area contributed by atoms with E-state index in [4.69, 9.17) is 4.74 Å². The number of rotatable bonds is 1. The zero-order chi connectivity index (χ0) is 16.5. The molecule has 1 heterocycles. The van der Waals surface area contributed by atoms with Crippen LogP contribution in [0.25, 0.3) is 0 Å². The van der Waals surface area contributed by atoms with Gasteiger partial charge in [0, 0.05) is 31.9 Å². The molecule has 0 aliphatic carbocycles. The third-order valence-electron chi connectivity index (χ3n) is 4.00. The molecule has 2 rings (SSSR count). The Balaban J connectivity index is 2.01. The number of carbonyl (C=O) groups excluding carboxylic acids is 1. The van der Waals surface area contributed by atoms with Gasteiger partial charge in [-0.3, -0.25) is 0 Å². The first kappa shape index (κ1) is 16.5. The van der Waals surface area contributed by atoms with E-state index in [0.717, 1.165) is 29.9 Å². The highest BCUT2D eigenvalue weighted by molar-refractivity contribution is 5.69. The normalized spacial score (nSPS) is 15.9. The van der Waals surface area contributed by atoms with Gasteiger partial charge >= 0.3 is 6.09 Å². The predicted molar refractivity (Wildman–Crippen MR) is 87.6 cm³/mol. The summed E-state index contributed by atoms with van der Waals surface area (Å²) in [7, 11) is 0. The van der Waals surface area contributed by atoms with Gasteiger partial charge in [0.1, 0.15) is 11.4 Å². The Kier molecular flexibility index (Phi) is 4.54. The molecule has 1 saturated heterocycles. The quantitative estimate of drug-likeness (QED) is 0.866. The summed E-state index contributed by atoms with van der Waals surface area (Å²) in [5.74, 6) is 0.327. The minimum Gasteiger partial charge on any atom is -0.508 e. The monoisotopic (exact) mass is 306 g/mol. The number of phenols is 1. The Morgan fingerprint density at radius 3 is 2.23 bits per heavy atom. The molecule has 1 aliphatic heterocycles. The average Bonchev–Trinajstić information content (AvgIpc) is 2.43. The van der Waals surface area contributed by atoms with Crippen LogP contribution in [0.15, 0.2) is 12.1 Å². The standard InChI is InChI=1S/C17H26N2O3/c1-12-13(2)15(20)7-6-14(12)18-8-10-19(11-9-18)16(21)22-17(3,4)5/h6-7,20H,8-11H2,1-5H3. The molecular formula is C17H26N2O3. The molecule has 0 spiro atoms. The number of carbonyl (C=O) groups is 1. The SMILES string of the molecule is Cc1c(O)ccc(N2CCN(C(=O)OC(C)(C)C)CC2)c1C. The van der Waals surface area contributed by atoms with Crippen molar-refractivity contribution < 1.29 is 14.6 Å². The predicted octanol–water partition coefficient (Wildman–Crippen LogP) is 3.07. The van der Waals surface area contributed by atoms with Gasteiger partial charge in [-0.15, -0.1) is 0 Å². The third-order valence-corrected chi connectivity index (χ3v) is 4.00. The highest BCUT2D eigenvalue weighted by Gasteiger charge is 2.26. The highest BCUT2D eigenvalue weighted by atomic mass is 16.6. The van der Waals surface area contributed by atoms with Crippen molar-refractivity contribution in [2.75, 3.05) is 31.1 Å². The van der Waals surface area contributed by atoms with Gasteiger partial charge in [-0.25, -0.2) is 4.79 Å². The molecule has 5 nitrogen and oxygen atoms in total. The zero-order valence-corrected chi connectivity index (χ0v) is 14.1. The van der Waals surface area contributed by atoms with Crippen LogP contribution >= 0.6 is 0 Å². The van der Waals surface area contributed by atoms with Gasteiger partial charge in [-0.2, -0.15) is 0 Å². The second-order valence-corrected chi connectivity index (χ2v) is 6.81. The van der Waals surface area contributed by atoms with Crippen molar-refractivity contribution in [2.24, 2.45) is 0 Å². The first-order chi connectivity index (χ1) is 10.2. The molecule has 1 N–H and O–H groups in total. The first-order valence-electron chi connectivity index (χ1n) is 7.71. The van der Waals surface area contributed by atoms with Crippen molar-refractivity contribution in [1.82, 2.24) is 4.90 Å². The Hall–Kier alpha value is -1.91. The number of hydrogen-bond acceptors (Lipinski definition) is 4. The van der Waals surface area contributed by atoms with Crippen LogP contribution < -0.4 is 4.90 Å². The number of benzene rings is 1. The molecule has 1 amide bonds.